The van der Waals surface area contributed by atoms with Crippen LogP contribution in [-0.4, -0.2) is 31.1 Å². The van der Waals surface area contributed by atoms with Gasteiger partial charge in [-0.2, -0.15) is 0 Å². The highest BCUT2D eigenvalue weighted by molar-refractivity contribution is 7.12. The Hall–Kier alpha value is -0.380. The van der Waals surface area contributed by atoms with E-state index < -0.39 is 0 Å². The Bertz CT molecular complexity index is 371. The van der Waals surface area contributed by atoms with Crippen molar-refractivity contribution in [1.82, 2.24) is 10.2 Å². The lowest BCUT2D eigenvalue weighted by molar-refractivity contribution is 0.106. The highest BCUT2D eigenvalue weighted by Gasteiger charge is 2.31. The van der Waals surface area contributed by atoms with Gasteiger partial charge in [0.2, 0.25) is 0 Å². The van der Waals surface area contributed by atoms with Crippen LogP contribution in [0.1, 0.15) is 47.9 Å². The molecule has 0 aromatic carbocycles. The van der Waals surface area contributed by atoms with Crippen LogP contribution < -0.4 is 5.32 Å². The van der Waals surface area contributed by atoms with E-state index in [0.717, 1.165) is 19.0 Å². The van der Waals surface area contributed by atoms with Gasteiger partial charge in [0.15, 0.2) is 0 Å². The summed E-state index contributed by atoms with van der Waals surface area (Å²) < 4.78 is 0. The van der Waals surface area contributed by atoms with Gasteiger partial charge in [0.05, 0.1) is 0 Å². The highest BCUT2D eigenvalue weighted by Crippen LogP contribution is 2.40. The van der Waals surface area contributed by atoms with Gasteiger partial charge in [0.1, 0.15) is 0 Å². The average molecular weight is 278 g/mol. The van der Waals surface area contributed by atoms with E-state index in [2.05, 4.69) is 29.3 Å². The molecule has 19 heavy (non-hydrogen) atoms. The maximum Gasteiger partial charge on any atom is 0.0470 e. The second-order valence-corrected chi connectivity index (χ2v) is 7.40. The number of piperazine rings is 1. The first-order valence-electron chi connectivity index (χ1n) is 7.86. The first kappa shape index (κ1) is 13.6. The molecular weight excluding hydrogens is 252 g/mol. The molecule has 1 saturated carbocycles. The molecular formula is C16H26N2S. The van der Waals surface area contributed by atoms with Gasteiger partial charge in [-0.15, -0.1) is 11.3 Å². The van der Waals surface area contributed by atoms with Gasteiger partial charge in [-0.1, -0.05) is 19.3 Å². The average Bonchev–Trinajstić information content (AvgIpc) is 2.88. The number of aryl methyl sites for hydroxylation is 1. The summed E-state index contributed by atoms with van der Waals surface area (Å²) in [5, 5.41) is 3.49. The first-order valence-corrected chi connectivity index (χ1v) is 8.67. The van der Waals surface area contributed by atoms with E-state index in [1.54, 1.807) is 4.88 Å². The Balaban J connectivity index is 1.81. The number of nitrogens with zero attached hydrogens (tertiary/aromatic N) is 1. The molecule has 106 valence electrons. The third kappa shape index (κ3) is 3.21. The lowest BCUT2D eigenvalue weighted by Gasteiger charge is -2.40. The minimum Gasteiger partial charge on any atom is -0.314 e. The van der Waals surface area contributed by atoms with Gasteiger partial charge in [-0.3, -0.25) is 4.90 Å². The summed E-state index contributed by atoms with van der Waals surface area (Å²) in [5.74, 6) is 0.893. The van der Waals surface area contributed by atoms with Crippen LogP contribution >= 0.6 is 11.3 Å². The molecule has 0 unspecified atom stereocenters. The van der Waals surface area contributed by atoms with E-state index in [1.165, 1.54) is 50.1 Å². The van der Waals surface area contributed by atoms with Crippen molar-refractivity contribution in [2.45, 2.75) is 45.1 Å². The zero-order chi connectivity index (χ0) is 13.1. The van der Waals surface area contributed by atoms with Gasteiger partial charge in [0.25, 0.3) is 0 Å². The Morgan fingerprint density at radius 1 is 1.16 bits per heavy atom. The van der Waals surface area contributed by atoms with E-state index in [1.807, 2.05) is 11.3 Å². The fraction of sp³-hybridized carbons (Fsp3) is 0.750. The molecule has 0 amide bonds. The molecule has 2 nitrogen and oxygen atoms in total. The van der Waals surface area contributed by atoms with E-state index in [-0.39, 0.29) is 0 Å². The van der Waals surface area contributed by atoms with Crippen LogP contribution in [0.5, 0.6) is 0 Å². The normalized spacial score (nSPS) is 24.5. The molecule has 1 saturated heterocycles. The van der Waals surface area contributed by atoms with Crippen molar-refractivity contribution in [3.05, 3.63) is 21.9 Å². The molecule has 1 N–H and O–H groups in total. The SMILES string of the molecule is Cc1ccc([C@@H](C2CCCCC2)N2CCNCC2)s1. The molecule has 2 heterocycles. The molecule has 2 aliphatic rings. The Labute approximate surface area is 121 Å². The van der Waals surface area contributed by atoms with Gasteiger partial charge < -0.3 is 5.32 Å². The summed E-state index contributed by atoms with van der Waals surface area (Å²) in [7, 11) is 0. The van der Waals surface area contributed by atoms with Crippen molar-refractivity contribution < 1.29 is 0 Å². The summed E-state index contributed by atoms with van der Waals surface area (Å²) >= 11 is 2.02. The summed E-state index contributed by atoms with van der Waals surface area (Å²) in [5.41, 5.74) is 0. The number of hydrogen-bond acceptors (Lipinski definition) is 3. The molecule has 0 bridgehead atoms. The van der Waals surface area contributed by atoms with Crippen LogP contribution in [0.2, 0.25) is 0 Å². The molecule has 3 rings (SSSR count). The van der Waals surface area contributed by atoms with Gasteiger partial charge in [-0.05, 0) is 37.8 Å². The van der Waals surface area contributed by atoms with Crippen molar-refractivity contribution in [3.8, 4) is 0 Å². The lowest BCUT2D eigenvalue weighted by Crippen LogP contribution is -2.47. The maximum absolute atomic E-state index is 3.49. The zero-order valence-electron chi connectivity index (χ0n) is 12.0. The van der Waals surface area contributed by atoms with Crippen LogP contribution in [0.15, 0.2) is 12.1 Å². The molecule has 0 spiro atoms. The van der Waals surface area contributed by atoms with Gasteiger partial charge in [0, 0.05) is 42.0 Å². The van der Waals surface area contributed by atoms with Crippen molar-refractivity contribution >= 4 is 11.3 Å². The van der Waals surface area contributed by atoms with Crippen LogP contribution in [0, 0.1) is 12.8 Å². The fourth-order valence-electron chi connectivity index (χ4n) is 3.73. The van der Waals surface area contributed by atoms with Crippen LogP contribution in [0.25, 0.3) is 0 Å². The Morgan fingerprint density at radius 2 is 1.89 bits per heavy atom. The highest BCUT2D eigenvalue weighted by atomic mass is 32.1. The largest absolute Gasteiger partial charge is 0.314 e. The molecule has 0 radical (unpaired) electrons. The van der Waals surface area contributed by atoms with Gasteiger partial charge in [-0.25, -0.2) is 0 Å². The van der Waals surface area contributed by atoms with Crippen molar-refractivity contribution in [3.63, 3.8) is 0 Å². The van der Waals surface area contributed by atoms with Crippen LogP contribution in [0.4, 0.5) is 0 Å². The van der Waals surface area contributed by atoms with Crippen molar-refractivity contribution in [2.75, 3.05) is 26.2 Å². The molecule has 2 fully saturated rings. The third-order valence-corrected chi connectivity index (χ3v) is 5.77. The smallest absolute Gasteiger partial charge is 0.0470 e. The standard InChI is InChI=1S/C16H26N2S/c1-13-7-8-15(19-13)16(14-5-3-2-4-6-14)18-11-9-17-10-12-18/h7-8,14,16-17H,2-6,9-12H2,1H3/t16-/m1/s1. The summed E-state index contributed by atoms with van der Waals surface area (Å²) in [6.45, 7) is 7.00. The number of nitrogens with one attached hydrogen (secondary N) is 1. The summed E-state index contributed by atoms with van der Waals surface area (Å²) in [6, 6.07) is 5.39. The number of hydrogen-bond donors (Lipinski definition) is 1. The molecule has 1 atom stereocenters. The zero-order valence-corrected chi connectivity index (χ0v) is 12.8. The van der Waals surface area contributed by atoms with Gasteiger partial charge >= 0.3 is 0 Å². The Morgan fingerprint density at radius 3 is 2.53 bits per heavy atom. The van der Waals surface area contributed by atoms with Crippen molar-refractivity contribution in [2.24, 2.45) is 5.92 Å². The molecule has 3 heteroatoms. The Kier molecular flexibility index (Phi) is 4.57. The molecule has 1 aliphatic heterocycles. The summed E-state index contributed by atoms with van der Waals surface area (Å²) in [4.78, 5) is 5.83. The van der Waals surface area contributed by atoms with Crippen LogP contribution in [-0.2, 0) is 0 Å². The summed E-state index contributed by atoms with van der Waals surface area (Å²) in [6.07, 6.45) is 7.21. The molecule has 1 aromatic rings. The van der Waals surface area contributed by atoms with Crippen LogP contribution in [0.3, 0.4) is 0 Å². The first-order chi connectivity index (χ1) is 9.34. The van der Waals surface area contributed by atoms with E-state index in [4.69, 9.17) is 0 Å². The molecule has 1 aromatic heterocycles. The topological polar surface area (TPSA) is 15.3 Å². The quantitative estimate of drug-likeness (QED) is 0.909. The predicted octanol–water partition coefficient (Wildman–Crippen LogP) is 3.58. The minimum absolute atomic E-state index is 0.695. The minimum atomic E-state index is 0.695. The third-order valence-electron chi connectivity index (χ3n) is 4.69. The maximum atomic E-state index is 3.49. The molecule has 1 aliphatic carbocycles. The second-order valence-electron chi connectivity index (χ2n) is 6.08. The predicted molar refractivity (Wildman–Crippen MR) is 82.8 cm³/mol. The van der Waals surface area contributed by atoms with E-state index >= 15 is 0 Å². The second kappa shape index (κ2) is 6.38. The van der Waals surface area contributed by atoms with E-state index in [0.29, 0.717) is 6.04 Å². The number of rotatable bonds is 3. The lowest BCUT2D eigenvalue weighted by atomic mass is 9.82. The monoisotopic (exact) mass is 278 g/mol. The fourth-order valence-corrected chi connectivity index (χ4v) is 4.84. The number of thiophene rings is 1. The van der Waals surface area contributed by atoms with E-state index in [9.17, 15) is 0 Å². The van der Waals surface area contributed by atoms with Crippen molar-refractivity contribution in [1.29, 1.82) is 0 Å².